The number of carbonyl (C=O) groups excluding carboxylic acids is 1. The Morgan fingerprint density at radius 1 is 1.05 bits per heavy atom. The first-order valence-corrected chi connectivity index (χ1v) is 6.92. The zero-order valence-electron chi connectivity index (χ0n) is 12.0. The highest BCUT2D eigenvalue weighted by Crippen LogP contribution is 2.22. The van der Waals surface area contributed by atoms with E-state index in [1.807, 2.05) is 42.5 Å². The van der Waals surface area contributed by atoms with Crippen LogP contribution in [0.1, 0.15) is 36.0 Å². The maximum atomic E-state index is 11.9. The van der Waals surface area contributed by atoms with Gasteiger partial charge in [-0.05, 0) is 29.5 Å². The minimum Gasteiger partial charge on any atom is -0.461 e. The van der Waals surface area contributed by atoms with Crippen LogP contribution in [0.4, 0.5) is 0 Å². The van der Waals surface area contributed by atoms with Crippen molar-refractivity contribution in [1.82, 2.24) is 0 Å². The summed E-state index contributed by atoms with van der Waals surface area (Å²) in [6.07, 6.45) is 0.414. The van der Waals surface area contributed by atoms with E-state index in [1.54, 1.807) is 0 Å². The Morgan fingerprint density at radius 3 is 2.40 bits per heavy atom. The average molecular weight is 268 g/mol. The summed E-state index contributed by atoms with van der Waals surface area (Å²) in [5.41, 5.74) is 3.45. The van der Waals surface area contributed by atoms with Crippen LogP contribution in [0.2, 0.25) is 0 Å². The summed E-state index contributed by atoms with van der Waals surface area (Å²) in [5, 5.41) is 0. The van der Waals surface area contributed by atoms with E-state index in [9.17, 15) is 4.79 Å². The third-order valence-corrected chi connectivity index (χ3v) is 3.43. The van der Waals surface area contributed by atoms with Crippen molar-refractivity contribution in [2.24, 2.45) is 0 Å². The molecule has 0 radical (unpaired) electrons. The number of aryl methyl sites for hydroxylation is 1. The van der Waals surface area contributed by atoms with Gasteiger partial charge in [-0.3, -0.25) is 4.79 Å². The molecule has 0 amide bonds. The summed E-state index contributed by atoms with van der Waals surface area (Å²) in [6.45, 7) is 4.48. The second kappa shape index (κ2) is 6.90. The largest absolute Gasteiger partial charge is 0.461 e. The van der Waals surface area contributed by atoms with Gasteiger partial charge in [0.05, 0.1) is 6.42 Å². The van der Waals surface area contributed by atoms with Gasteiger partial charge in [0.15, 0.2) is 0 Å². The third kappa shape index (κ3) is 3.95. The fraction of sp³-hybridized carbons (Fsp3) is 0.278. The molecule has 0 heterocycles. The van der Waals surface area contributed by atoms with Crippen molar-refractivity contribution in [2.45, 2.75) is 32.8 Å². The molecule has 2 nitrogen and oxygen atoms in total. The van der Waals surface area contributed by atoms with Gasteiger partial charge in [-0.15, -0.1) is 0 Å². The lowest BCUT2D eigenvalue weighted by Gasteiger charge is -2.14. The van der Waals surface area contributed by atoms with E-state index in [-0.39, 0.29) is 11.9 Å². The van der Waals surface area contributed by atoms with Gasteiger partial charge in [0.25, 0.3) is 0 Å². The van der Waals surface area contributed by atoms with Crippen LogP contribution in [0.15, 0.2) is 54.6 Å². The number of carbonyl (C=O) groups is 1. The molecule has 0 saturated carbocycles. The van der Waals surface area contributed by atoms with Crippen LogP contribution in [-0.4, -0.2) is 5.97 Å². The Morgan fingerprint density at radius 2 is 1.70 bits per heavy atom. The van der Waals surface area contributed by atoms with E-state index in [2.05, 4.69) is 26.0 Å². The third-order valence-electron chi connectivity index (χ3n) is 3.43. The lowest BCUT2D eigenvalue weighted by Crippen LogP contribution is -2.09. The molecule has 104 valence electrons. The number of hydrogen-bond donors (Lipinski definition) is 0. The molecule has 0 spiro atoms. The number of esters is 1. The molecule has 0 aromatic heterocycles. The Labute approximate surface area is 120 Å². The van der Waals surface area contributed by atoms with Crippen molar-refractivity contribution in [3.63, 3.8) is 0 Å². The molecule has 2 rings (SSSR count). The fourth-order valence-corrected chi connectivity index (χ4v) is 2.30. The fourth-order valence-electron chi connectivity index (χ4n) is 2.30. The Balaban J connectivity index is 1.87. The maximum absolute atomic E-state index is 11.9. The molecule has 2 aromatic rings. The zero-order chi connectivity index (χ0) is 14.4. The number of benzene rings is 2. The van der Waals surface area contributed by atoms with Crippen LogP contribution in [0.5, 0.6) is 0 Å². The standard InChI is InChI=1S/C18H20O2/c1-14-8-6-7-11-17(14)15(2)12-18(19)20-13-16-9-4-3-5-10-16/h3-11,15H,12-13H2,1-2H3. The van der Waals surface area contributed by atoms with Gasteiger partial charge in [0.1, 0.15) is 6.61 Å². The highest BCUT2D eigenvalue weighted by atomic mass is 16.5. The first-order chi connectivity index (χ1) is 9.66. The minimum absolute atomic E-state index is 0.149. The van der Waals surface area contributed by atoms with Crippen molar-refractivity contribution in [3.8, 4) is 0 Å². The molecule has 0 aliphatic heterocycles. The highest BCUT2D eigenvalue weighted by molar-refractivity contribution is 5.70. The lowest BCUT2D eigenvalue weighted by molar-refractivity contribution is -0.145. The van der Waals surface area contributed by atoms with Crippen LogP contribution in [-0.2, 0) is 16.1 Å². The summed E-state index contributed by atoms with van der Waals surface area (Å²) in [4.78, 5) is 11.9. The molecule has 1 unspecified atom stereocenters. The Hall–Kier alpha value is -2.09. The maximum Gasteiger partial charge on any atom is 0.306 e. The lowest BCUT2D eigenvalue weighted by atomic mass is 9.94. The van der Waals surface area contributed by atoms with E-state index < -0.39 is 0 Å². The van der Waals surface area contributed by atoms with Crippen LogP contribution in [0, 0.1) is 6.92 Å². The van der Waals surface area contributed by atoms with Gasteiger partial charge in [0.2, 0.25) is 0 Å². The van der Waals surface area contributed by atoms with E-state index in [1.165, 1.54) is 11.1 Å². The number of rotatable bonds is 5. The van der Waals surface area contributed by atoms with Gasteiger partial charge >= 0.3 is 5.97 Å². The quantitative estimate of drug-likeness (QED) is 0.758. The predicted octanol–water partition coefficient (Wildman–Crippen LogP) is 4.23. The van der Waals surface area contributed by atoms with Crippen LogP contribution >= 0.6 is 0 Å². The molecule has 0 aliphatic rings. The monoisotopic (exact) mass is 268 g/mol. The van der Waals surface area contributed by atoms with Gasteiger partial charge in [-0.25, -0.2) is 0 Å². The molecule has 0 fully saturated rings. The van der Waals surface area contributed by atoms with Gasteiger partial charge < -0.3 is 4.74 Å². The van der Waals surface area contributed by atoms with Crippen molar-refractivity contribution in [1.29, 1.82) is 0 Å². The summed E-state index contributed by atoms with van der Waals surface area (Å²) < 4.78 is 5.32. The van der Waals surface area contributed by atoms with Gasteiger partial charge in [0, 0.05) is 0 Å². The molecule has 2 heteroatoms. The molecule has 2 aromatic carbocycles. The zero-order valence-corrected chi connectivity index (χ0v) is 12.0. The van der Waals surface area contributed by atoms with Crippen LogP contribution in [0.25, 0.3) is 0 Å². The summed E-state index contributed by atoms with van der Waals surface area (Å²) >= 11 is 0. The second-order valence-corrected chi connectivity index (χ2v) is 5.11. The Bertz CT molecular complexity index is 561. The van der Waals surface area contributed by atoms with Crippen molar-refractivity contribution in [3.05, 3.63) is 71.3 Å². The SMILES string of the molecule is Cc1ccccc1C(C)CC(=O)OCc1ccccc1. The van der Waals surface area contributed by atoms with Crippen molar-refractivity contribution in [2.75, 3.05) is 0 Å². The number of hydrogen-bond acceptors (Lipinski definition) is 2. The summed E-state index contributed by atoms with van der Waals surface area (Å²) in [6, 6.07) is 17.9. The van der Waals surface area contributed by atoms with E-state index in [0.717, 1.165) is 5.56 Å². The molecule has 0 bridgehead atoms. The molecule has 0 N–H and O–H groups in total. The molecular weight excluding hydrogens is 248 g/mol. The Kier molecular flexibility index (Phi) is 4.94. The topological polar surface area (TPSA) is 26.3 Å². The van der Waals surface area contributed by atoms with Crippen molar-refractivity contribution < 1.29 is 9.53 Å². The molecular formula is C18H20O2. The van der Waals surface area contributed by atoms with E-state index in [0.29, 0.717) is 13.0 Å². The molecule has 1 atom stereocenters. The molecule has 20 heavy (non-hydrogen) atoms. The average Bonchev–Trinajstić information content (AvgIpc) is 2.46. The first-order valence-electron chi connectivity index (χ1n) is 6.92. The minimum atomic E-state index is -0.149. The molecule has 0 aliphatic carbocycles. The highest BCUT2D eigenvalue weighted by Gasteiger charge is 2.13. The smallest absolute Gasteiger partial charge is 0.306 e. The summed E-state index contributed by atoms with van der Waals surface area (Å²) in [7, 11) is 0. The molecule has 0 saturated heterocycles. The first kappa shape index (κ1) is 14.3. The van der Waals surface area contributed by atoms with Gasteiger partial charge in [-0.1, -0.05) is 61.5 Å². The van der Waals surface area contributed by atoms with Crippen molar-refractivity contribution >= 4 is 5.97 Å². The summed E-state index contributed by atoms with van der Waals surface area (Å²) in [5.74, 6) is 0.0316. The van der Waals surface area contributed by atoms with Gasteiger partial charge in [-0.2, -0.15) is 0 Å². The second-order valence-electron chi connectivity index (χ2n) is 5.11. The number of ether oxygens (including phenoxy) is 1. The predicted molar refractivity (Wildman–Crippen MR) is 80.4 cm³/mol. The van der Waals surface area contributed by atoms with Crippen LogP contribution < -0.4 is 0 Å². The van der Waals surface area contributed by atoms with E-state index in [4.69, 9.17) is 4.74 Å². The van der Waals surface area contributed by atoms with Crippen LogP contribution in [0.3, 0.4) is 0 Å². The van der Waals surface area contributed by atoms with E-state index >= 15 is 0 Å². The normalized spacial score (nSPS) is 11.9.